The van der Waals surface area contributed by atoms with Crippen LogP contribution in [-0.2, 0) is 10.0 Å². The molecule has 3 rings (SSSR count). The first kappa shape index (κ1) is 15.6. The third-order valence-corrected chi connectivity index (χ3v) is 5.12. The number of benzene rings is 1. The summed E-state index contributed by atoms with van der Waals surface area (Å²) in [7, 11) is -4.31. The Morgan fingerprint density at radius 2 is 1.60 bits per heavy atom. The summed E-state index contributed by atoms with van der Waals surface area (Å²) in [5.41, 5.74) is 0. The quantitative estimate of drug-likeness (QED) is 0.871. The van der Waals surface area contributed by atoms with Crippen molar-refractivity contribution >= 4 is 22.4 Å². The van der Waals surface area contributed by atoms with Gasteiger partial charge in [0.1, 0.15) is 17.5 Å². The molecule has 4 nitrogen and oxygen atoms in total. The van der Waals surface area contributed by atoms with Crippen molar-refractivity contribution in [3.63, 3.8) is 0 Å². The van der Waals surface area contributed by atoms with Crippen LogP contribution in [0.1, 0.15) is 0 Å². The zero-order valence-corrected chi connectivity index (χ0v) is 11.7. The van der Waals surface area contributed by atoms with Gasteiger partial charge in [0, 0.05) is 18.2 Å². The minimum atomic E-state index is -4.31. The second-order valence-electron chi connectivity index (χ2n) is 4.83. The predicted molar refractivity (Wildman–Crippen MR) is 67.5 cm³/mol. The Kier molecular flexibility index (Phi) is 4.03. The van der Waals surface area contributed by atoms with Crippen LogP contribution in [0.3, 0.4) is 0 Å². The van der Waals surface area contributed by atoms with Gasteiger partial charge in [-0.3, -0.25) is 0 Å². The van der Waals surface area contributed by atoms with Gasteiger partial charge in [-0.1, -0.05) is 0 Å². The van der Waals surface area contributed by atoms with Crippen molar-refractivity contribution in [1.82, 2.24) is 10.0 Å². The first-order chi connectivity index (χ1) is 8.90. The maximum Gasteiger partial charge on any atom is 0.246 e. The van der Waals surface area contributed by atoms with Crippen LogP contribution in [-0.4, -0.2) is 27.5 Å². The molecule has 1 saturated carbocycles. The van der Waals surface area contributed by atoms with Crippen molar-refractivity contribution in [2.45, 2.75) is 10.9 Å². The van der Waals surface area contributed by atoms with E-state index in [1.807, 2.05) is 0 Å². The van der Waals surface area contributed by atoms with E-state index in [1.165, 1.54) is 0 Å². The molecular weight excluding hydrogens is 317 g/mol. The summed E-state index contributed by atoms with van der Waals surface area (Å²) in [6.45, 7) is 1.37. The highest BCUT2D eigenvalue weighted by Crippen LogP contribution is 2.42. The third-order valence-electron chi connectivity index (χ3n) is 3.61. The molecule has 1 saturated heterocycles. The van der Waals surface area contributed by atoms with Crippen LogP contribution in [0.2, 0.25) is 0 Å². The molecule has 9 heteroatoms. The van der Waals surface area contributed by atoms with Crippen LogP contribution in [0, 0.1) is 29.3 Å². The summed E-state index contributed by atoms with van der Waals surface area (Å²) in [5.74, 6) is -3.66. The fraction of sp³-hybridized carbons (Fsp3) is 0.455. The first-order valence-corrected chi connectivity index (χ1v) is 7.26. The van der Waals surface area contributed by atoms with Crippen molar-refractivity contribution in [1.29, 1.82) is 0 Å². The molecule has 2 aliphatic rings. The molecule has 0 bridgehead atoms. The Labute approximate surface area is 120 Å². The van der Waals surface area contributed by atoms with E-state index in [4.69, 9.17) is 0 Å². The lowest BCUT2D eigenvalue weighted by atomic mass is 10.3. The summed E-state index contributed by atoms with van der Waals surface area (Å²) < 4.78 is 65.8. The van der Waals surface area contributed by atoms with E-state index in [9.17, 15) is 21.6 Å². The van der Waals surface area contributed by atoms with E-state index < -0.39 is 32.4 Å². The van der Waals surface area contributed by atoms with Crippen molar-refractivity contribution in [2.75, 3.05) is 13.1 Å². The Balaban J connectivity index is 0.00000147. The van der Waals surface area contributed by atoms with Crippen LogP contribution in [0.4, 0.5) is 13.2 Å². The predicted octanol–water partition coefficient (Wildman–Crippen LogP) is 1.02. The molecule has 112 valence electrons. The number of rotatable bonds is 3. The van der Waals surface area contributed by atoms with Gasteiger partial charge in [-0.15, -0.1) is 12.4 Å². The average molecular weight is 329 g/mol. The van der Waals surface area contributed by atoms with Gasteiger partial charge < -0.3 is 5.32 Å². The maximum atomic E-state index is 13.5. The monoisotopic (exact) mass is 328 g/mol. The van der Waals surface area contributed by atoms with Crippen molar-refractivity contribution in [3.8, 4) is 0 Å². The zero-order chi connectivity index (χ0) is 13.8. The molecular formula is C11H12ClF3N2O2S. The molecule has 0 radical (unpaired) electrons. The SMILES string of the molecule is Cl.O=S(=O)(NC1C2CNCC21)c1c(F)cc(F)cc1F. The summed E-state index contributed by atoms with van der Waals surface area (Å²) in [6.07, 6.45) is 0. The van der Waals surface area contributed by atoms with Gasteiger partial charge >= 0.3 is 0 Å². The molecule has 0 aromatic heterocycles. The van der Waals surface area contributed by atoms with Gasteiger partial charge in [0.15, 0.2) is 4.90 Å². The number of fused-ring (bicyclic) bond motifs is 1. The molecule has 2 fully saturated rings. The third kappa shape index (κ3) is 2.52. The van der Waals surface area contributed by atoms with Crippen molar-refractivity contribution in [2.24, 2.45) is 11.8 Å². The number of piperidine rings is 1. The zero-order valence-electron chi connectivity index (χ0n) is 10.1. The van der Waals surface area contributed by atoms with E-state index in [0.29, 0.717) is 25.2 Å². The summed E-state index contributed by atoms with van der Waals surface area (Å²) in [6, 6.07) is 0.412. The fourth-order valence-corrected chi connectivity index (χ4v) is 4.07. The number of hydrogen-bond donors (Lipinski definition) is 2. The molecule has 2 N–H and O–H groups in total. The van der Waals surface area contributed by atoms with Gasteiger partial charge in [0.05, 0.1) is 0 Å². The molecule has 1 aromatic rings. The first-order valence-electron chi connectivity index (χ1n) is 5.78. The second-order valence-corrected chi connectivity index (χ2v) is 6.48. The van der Waals surface area contributed by atoms with Gasteiger partial charge in [0.25, 0.3) is 0 Å². The van der Waals surface area contributed by atoms with Gasteiger partial charge in [-0.2, -0.15) is 0 Å². The summed E-state index contributed by atoms with van der Waals surface area (Å²) in [4.78, 5) is -1.12. The minimum Gasteiger partial charge on any atom is -0.316 e. The van der Waals surface area contributed by atoms with Gasteiger partial charge in [-0.05, 0) is 24.9 Å². The van der Waals surface area contributed by atoms with Crippen molar-refractivity contribution < 1.29 is 21.6 Å². The fourth-order valence-electron chi connectivity index (χ4n) is 2.62. The maximum absolute atomic E-state index is 13.5. The smallest absolute Gasteiger partial charge is 0.246 e. The van der Waals surface area contributed by atoms with Gasteiger partial charge in [0.2, 0.25) is 10.0 Å². The Morgan fingerprint density at radius 3 is 2.10 bits per heavy atom. The Bertz CT molecular complexity index is 608. The highest BCUT2D eigenvalue weighted by Gasteiger charge is 2.54. The largest absolute Gasteiger partial charge is 0.316 e. The van der Waals surface area contributed by atoms with E-state index in [0.717, 1.165) is 0 Å². The number of halogens is 4. The molecule has 1 aliphatic carbocycles. The van der Waals surface area contributed by atoms with E-state index in [-0.39, 0.29) is 30.3 Å². The minimum absolute atomic E-state index is 0. The lowest BCUT2D eigenvalue weighted by molar-refractivity contribution is 0.491. The summed E-state index contributed by atoms with van der Waals surface area (Å²) >= 11 is 0. The lowest BCUT2D eigenvalue weighted by Gasteiger charge is -2.10. The molecule has 1 heterocycles. The van der Waals surface area contributed by atoms with Gasteiger partial charge in [-0.25, -0.2) is 26.3 Å². The molecule has 0 spiro atoms. The van der Waals surface area contributed by atoms with E-state index in [2.05, 4.69) is 10.0 Å². The lowest BCUT2D eigenvalue weighted by Crippen LogP contribution is -2.33. The van der Waals surface area contributed by atoms with Crippen LogP contribution in [0.5, 0.6) is 0 Å². The van der Waals surface area contributed by atoms with Crippen LogP contribution >= 0.6 is 12.4 Å². The van der Waals surface area contributed by atoms with Crippen LogP contribution in [0.15, 0.2) is 17.0 Å². The molecule has 2 unspecified atom stereocenters. The molecule has 0 amide bonds. The molecule has 20 heavy (non-hydrogen) atoms. The van der Waals surface area contributed by atoms with Crippen LogP contribution in [0.25, 0.3) is 0 Å². The van der Waals surface area contributed by atoms with Crippen LogP contribution < -0.4 is 10.0 Å². The standard InChI is InChI=1S/C11H11F3N2O2S.ClH/c12-5-1-8(13)11(9(14)2-5)19(17,18)16-10-6-3-15-4-7(6)10;/h1-2,6-7,10,15-16H,3-4H2;1H. The molecule has 1 aliphatic heterocycles. The topological polar surface area (TPSA) is 58.2 Å². The highest BCUT2D eigenvalue weighted by molar-refractivity contribution is 7.89. The average Bonchev–Trinajstić information content (AvgIpc) is 2.71. The molecule has 1 aromatic carbocycles. The second kappa shape index (κ2) is 5.18. The van der Waals surface area contributed by atoms with E-state index >= 15 is 0 Å². The molecule has 2 atom stereocenters. The Hall–Kier alpha value is -0.830. The normalized spacial score (nSPS) is 27.9. The highest BCUT2D eigenvalue weighted by atomic mass is 35.5. The summed E-state index contributed by atoms with van der Waals surface area (Å²) in [5, 5.41) is 3.07. The number of nitrogens with one attached hydrogen (secondary N) is 2. The number of hydrogen-bond acceptors (Lipinski definition) is 3. The van der Waals surface area contributed by atoms with Crippen molar-refractivity contribution in [3.05, 3.63) is 29.6 Å². The number of sulfonamides is 1. The Morgan fingerprint density at radius 1 is 1.10 bits per heavy atom. The van der Waals surface area contributed by atoms with E-state index in [1.54, 1.807) is 0 Å².